The van der Waals surface area contributed by atoms with Gasteiger partial charge in [-0.05, 0) is 34.0 Å². The molecule has 0 aliphatic heterocycles. The summed E-state index contributed by atoms with van der Waals surface area (Å²) in [6.07, 6.45) is 1.90. The molecular formula is C13H18BrClN2O3S. The van der Waals surface area contributed by atoms with Crippen molar-refractivity contribution < 1.29 is 13.2 Å². The van der Waals surface area contributed by atoms with Crippen molar-refractivity contribution in [3.63, 3.8) is 0 Å². The molecule has 118 valence electrons. The number of carbonyl (C=O) groups is 1. The Morgan fingerprint density at radius 2 is 1.95 bits per heavy atom. The highest BCUT2D eigenvalue weighted by atomic mass is 79.9. The third kappa shape index (κ3) is 4.95. The second-order valence-electron chi connectivity index (χ2n) is 4.70. The SMILES string of the molecule is CCC(CC)CNC(=O)c1cc(S(N)(=O)=O)c(Br)cc1Cl. The zero-order chi connectivity index (χ0) is 16.2. The van der Waals surface area contributed by atoms with Crippen LogP contribution in [0.3, 0.4) is 0 Å². The van der Waals surface area contributed by atoms with E-state index in [4.69, 9.17) is 16.7 Å². The summed E-state index contributed by atoms with van der Waals surface area (Å²) in [4.78, 5) is 12.0. The minimum Gasteiger partial charge on any atom is -0.352 e. The Labute approximate surface area is 138 Å². The van der Waals surface area contributed by atoms with Crippen molar-refractivity contribution in [2.75, 3.05) is 6.54 Å². The maximum atomic E-state index is 12.1. The third-order valence-corrected chi connectivity index (χ3v) is 5.46. The summed E-state index contributed by atoms with van der Waals surface area (Å²) >= 11 is 9.08. The van der Waals surface area contributed by atoms with Crippen LogP contribution in [-0.4, -0.2) is 20.9 Å². The van der Waals surface area contributed by atoms with E-state index in [1.54, 1.807) is 0 Å². The summed E-state index contributed by atoms with van der Waals surface area (Å²) in [5.41, 5.74) is 0.0925. The van der Waals surface area contributed by atoms with Gasteiger partial charge in [0.05, 0.1) is 15.5 Å². The molecule has 1 rings (SSSR count). The highest BCUT2D eigenvalue weighted by Gasteiger charge is 2.19. The maximum Gasteiger partial charge on any atom is 0.252 e. The molecular weight excluding hydrogens is 380 g/mol. The zero-order valence-electron chi connectivity index (χ0n) is 11.8. The van der Waals surface area contributed by atoms with Crippen molar-refractivity contribution in [1.29, 1.82) is 0 Å². The first kappa shape index (κ1) is 18.4. The van der Waals surface area contributed by atoms with Gasteiger partial charge in [0.2, 0.25) is 10.0 Å². The van der Waals surface area contributed by atoms with Crippen LogP contribution in [0.2, 0.25) is 5.02 Å². The van der Waals surface area contributed by atoms with Gasteiger partial charge in [0, 0.05) is 11.0 Å². The van der Waals surface area contributed by atoms with Crippen LogP contribution in [0.15, 0.2) is 21.5 Å². The number of nitrogens with two attached hydrogens (primary N) is 1. The van der Waals surface area contributed by atoms with Crippen molar-refractivity contribution in [2.45, 2.75) is 31.6 Å². The molecule has 0 radical (unpaired) electrons. The summed E-state index contributed by atoms with van der Waals surface area (Å²) in [5, 5.41) is 8.04. The van der Waals surface area contributed by atoms with Crippen molar-refractivity contribution in [3.05, 3.63) is 27.2 Å². The zero-order valence-corrected chi connectivity index (χ0v) is 15.0. The van der Waals surface area contributed by atoms with Crippen LogP contribution in [0, 0.1) is 5.92 Å². The Morgan fingerprint density at radius 3 is 2.43 bits per heavy atom. The highest BCUT2D eigenvalue weighted by Crippen LogP contribution is 2.28. The molecule has 0 fully saturated rings. The molecule has 0 saturated heterocycles. The lowest BCUT2D eigenvalue weighted by molar-refractivity contribution is 0.0946. The van der Waals surface area contributed by atoms with E-state index in [9.17, 15) is 13.2 Å². The lowest BCUT2D eigenvalue weighted by Crippen LogP contribution is -2.29. The molecule has 0 aromatic heterocycles. The number of halogens is 2. The normalized spacial score (nSPS) is 11.7. The Kier molecular flexibility index (Phi) is 6.65. The number of sulfonamides is 1. The van der Waals surface area contributed by atoms with E-state index in [0.717, 1.165) is 12.8 Å². The molecule has 0 bridgehead atoms. The van der Waals surface area contributed by atoms with Gasteiger partial charge in [0.25, 0.3) is 5.91 Å². The molecule has 1 amide bonds. The Hall–Kier alpha value is -0.630. The van der Waals surface area contributed by atoms with Crippen LogP contribution in [0.5, 0.6) is 0 Å². The van der Waals surface area contributed by atoms with Gasteiger partial charge in [-0.25, -0.2) is 13.6 Å². The minimum atomic E-state index is -3.93. The number of hydrogen-bond donors (Lipinski definition) is 2. The molecule has 21 heavy (non-hydrogen) atoms. The van der Waals surface area contributed by atoms with Gasteiger partial charge in [-0.15, -0.1) is 0 Å². The predicted octanol–water partition coefficient (Wildman–Crippen LogP) is 2.92. The molecule has 1 aromatic carbocycles. The third-order valence-electron chi connectivity index (χ3n) is 3.28. The fourth-order valence-corrected chi connectivity index (χ4v) is 3.85. The number of nitrogens with one attached hydrogen (secondary N) is 1. The summed E-state index contributed by atoms with van der Waals surface area (Å²) in [6, 6.07) is 2.54. The van der Waals surface area contributed by atoms with Gasteiger partial charge >= 0.3 is 0 Å². The predicted molar refractivity (Wildman–Crippen MR) is 86.9 cm³/mol. The fraction of sp³-hybridized carbons (Fsp3) is 0.462. The molecule has 5 nitrogen and oxygen atoms in total. The highest BCUT2D eigenvalue weighted by molar-refractivity contribution is 9.10. The van der Waals surface area contributed by atoms with Gasteiger partial charge in [0.1, 0.15) is 0 Å². The summed E-state index contributed by atoms with van der Waals surface area (Å²) in [5.74, 6) is -0.0369. The summed E-state index contributed by atoms with van der Waals surface area (Å²) < 4.78 is 23.2. The lowest BCUT2D eigenvalue weighted by Gasteiger charge is -2.14. The van der Waals surface area contributed by atoms with Gasteiger partial charge in [-0.3, -0.25) is 4.79 Å². The molecule has 0 atom stereocenters. The van der Waals surface area contributed by atoms with Crippen molar-refractivity contribution in [2.24, 2.45) is 11.1 Å². The first-order chi connectivity index (χ1) is 9.70. The maximum absolute atomic E-state index is 12.1. The number of hydrogen-bond acceptors (Lipinski definition) is 3. The quantitative estimate of drug-likeness (QED) is 0.773. The van der Waals surface area contributed by atoms with E-state index >= 15 is 0 Å². The van der Waals surface area contributed by atoms with Crippen molar-refractivity contribution in [3.8, 4) is 0 Å². The first-order valence-corrected chi connectivity index (χ1v) is 9.22. The lowest BCUT2D eigenvalue weighted by atomic mass is 10.0. The smallest absolute Gasteiger partial charge is 0.252 e. The van der Waals surface area contributed by atoms with Crippen LogP contribution in [0.4, 0.5) is 0 Å². The van der Waals surface area contributed by atoms with Crippen LogP contribution in [-0.2, 0) is 10.0 Å². The fourth-order valence-electron chi connectivity index (χ4n) is 1.83. The van der Waals surface area contributed by atoms with Gasteiger partial charge in [-0.2, -0.15) is 0 Å². The average Bonchev–Trinajstić information content (AvgIpc) is 2.38. The molecule has 1 aromatic rings. The van der Waals surface area contributed by atoms with E-state index in [1.165, 1.54) is 12.1 Å². The number of amides is 1. The standard InChI is InChI=1S/C13H18BrClN2O3S/c1-3-8(4-2)7-17-13(18)9-5-12(21(16,19)20)10(14)6-11(9)15/h5-6,8H,3-4,7H2,1-2H3,(H,17,18)(H2,16,19,20). The Bertz CT molecular complexity index is 631. The van der Waals surface area contributed by atoms with E-state index in [1.807, 2.05) is 13.8 Å². The largest absolute Gasteiger partial charge is 0.352 e. The summed E-state index contributed by atoms with van der Waals surface area (Å²) in [6.45, 7) is 4.61. The number of rotatable bonds is 6. The van der Waals surface area contributed by atoms with E-state index in [2.05, 4.69) is 21.2 Å². The van der Waals surface area contributed by atoms with Crippen LogP contribution < -0.4 is 10.5 Å². The van der Waals surface area contributed by atoms with Gasteiger partial charge < -0.3 is 5.32 Å². The van der Waals surface area contributed by atoms with Crippen molar-refractivity contribution >= 4 is 43.5 Å². The second-order valence-corrected chi connectivity index (χ2v) is 7.49. The molecule has 0 heterocycles. The van der Waals surface area contributed by atoms with Crippen LogP contribution >= 0.6 is 27.5 Å². The van der Waals surface area contributed by atoms with E-state index < -0.39 is 15.9 Å². The Morgan fingerprint density at radius 1 is 1.38 bits per heavy atom. The topological polar surface area (TPSA) is 89.3 Å². The van der Waals surface area contributed by atoms with Crippen molar-refractivity contribution in [1.82, 2.24) is 5.32 Å². The number of primary sulfonamides is 1. The van der Waals surface area contributed by atoms with E-state index in [0.29, 0.717) is 12.5 Å². The molecule has 0 saturated carbocycles. The minimum absolute atomic E-state index is 0.0925. The number of carbonyl (C=O) groups excluding carboxylic acids is 1. The van der Waals surface area contributed by atoms with E-state index in [-0.39, 0.29) is 20.0 Å². The molecule has 0 aliphatic rings. The van der Waals surface area contributed by atoms with Crippen LogP contribution in [0.25, 0.3) is 0 Å². The molecule has 0 spiro atoms. The second kappa shape index (κ2) is 7.58. The Balaban J connectivity index is 3.05. The van der Waals surface area contributed by atoms with Gasteiger partial charge in [0.15, 0.2) is 0 Å². The molecule has 0 unspecified atom stereocenters. The monoisotopic (exact) mass is 396 g/mol. The van der Waals surface area contributed by atoms with Crippen LogP contribution in [0.1, 0.15) is 37.0 Å². The molecule has 0 aliphatic carbocycles. The molecule has 8 heteroatoms. The number of benzene rings is 1. The summed E-state index contributed by atoms with van der Waals surface area (Å²) in [7, 11) is -3.93. The molecule has 3 N–H and O–H groups in total. The van der Waals surface area contributed by atoms with Gasteiger partial charge in [-0.1, -0.05) is 38.3 Å². The average molecular weight is 398 g/mol. The first-order valence-electron chi connectivity index (χ1n) is 6.50.